The summed E-state index contributed by atoms with van der Waals surface area (Å²) in [7, 11) is 5.56. The molecule has 6 aromatic rings. The molecule has 18 atom stereocenters. The Morgan fingerprint density at radius 1 is 0.270 bits per heavy atom. The summed E-state index contributed by atoms with van der Waals surface area (Å²) >= 11 is 0. The first-order valence-electron chi connectivity index (χ1n) is 69.0. The molecular weight excluding hydrogens is 1780 g/mol. The molecule has 0 bridgehead atoms. The van der Waals surface area contributed by atoms with Crippen molar-refractivity contribution in [1.82, 2.24) is 29.4 Å². The van der Waals surface area contributed by atoms with Crippen LogP contribution in [0.25, 0.3) is 0 Å². The largest absolute Gasteiger partial charge is 0.493 e. The molecule has 0 radical (unpaired) electrons. The molecule has 6 N–H and O–H groups in total. The molecule has 18 rings (SSSR count). The van der Waals surface area contributed by atoms with Crippen LogP contribution in [0, 0.1) is 69.5 Å². The molecular formula is C117H180N6O18. The van der Waals surface area contributed by atoms with Crippen LogP contribution in [0.15, 0.2) is 72.8 Å². The van der Waals surface area contributed by atoms with Gasteiger partial charge >= 0.3 is 0 Å². The minimum Gasteiger partial charge on any atom is -0.493 e. The highest BCUT2D eigenvalue weighted by atomic mass is 16.5. The molecule has 6 saturated heterocycles. The fourth-order valence-corrected chi connectivity index (χ4v) is 22.6. The average Bonchev–Trinajstić information content (AvgIpc) is 0.704. The number of piperidine rings is 6. The molecule has 141 heavy (non-hydrogen) atoms. The van der Waals surface area contributed by atoms with Gasteiger partial charge in [0.2, 0.25) is 0 Å². The Morgan fingerprint density at radius 2 is 0.426 bits per heavy atom. The van der Waals surface area contributed by atoms with E-state index in [-0.39, 0.29) is 86.2 Å². The fraction of sp³-hybridized carbons (Fsp3) is 0.692. The Kier molecular flexibility index (Phi) is 23.6. The third-order valence-electron chi connectivity index (χ3n) is 29.2. The molecule has 0 amide bonds. The van der Waals surface area contributed by atoms with Gasteiger partial charge in [-0.1, -0.05) is 103 Å². The maximum atomic E-state index is 11.1. The van der Waals surface area contributed by atoms with Crippen molar-refractivity contribution in [2.75, 3.05) is 164 Å². The number of nitrogens with zero attached hydrogens (tertiary/aromatic N) is 6. The first kappa shape index (κ1) is 68.8. The lowest BCUT2D eigenvalue weighted by Gasteiger charge is -2.47. The smallest absolute Gasteiger partial charge is 0.161 e. The monoisotopic (exact) mass is 2000 g/mol. The van der Waals surface area contributed by atoms with E-state index in [2.05, 4.69) is 56.2 Å². The number of fused-ring (bicyclic) bond motifs is 18. The quantitative estimate of drug-likeness (QED) is 0.0392. The van der Waals surface area contributed by atoms with E-state index >= 15 is 0 Å². The first-order valence-corrected chi connectivity index (χ1v) is 49.5. The van der Waals surface area contributed by atoms with Crippen LogP contribution in [0.2, 0.25) is 0 Å². The molecule has 12 aliphatic heterocycles. The molecule has 0 saturated carbocycles. The summed E-state index contributed by atoms with van der Waals surface area (Å²) in [5.41, 5.74) is 1.08. The van der Waals surface area contributed by atoms with Crippen LogP contribution in [0.4, 0.5) is 0 Å². The molecule has 24 nitrogen and oxygen atoms in total. The van der Waals surface area contributed by atoms with Crippen molar-refractivity contribution in [3.05, 3.63) is 140 Å². The zero-order chi connectivity index (χ0) is 136. The second kappa shape index (κ2) is 48.4. The number of hydrogen-bond acceptors (Lipinski definition) is 24. The molecule has 12 heterocycles. The minimum absolute atomic E-state index is 0.114. The molecule has 6 aromatic carbocycles. The van der Waals surface area contributed by atoms with E-state index in [0.29, 0.717) is 162 Å². The van der Waals surface area contributed by atoms with Gasteiger partial charge in [-0.05, 0) is 324 Å². The number of methoxy groups -OCH3 is 12. The van der Waals surface area contributed by atoms with E-state index < -0.39 is 188 Å². The van der Waals surface area contributed by atoms with Gasteiger partial charge in [0.1, 0.15) is 0 Å². The zero-order valence-electron chi connectivity index (χ0n) is 124. The minimum atomic E-state index is -3.20. The van der Waals surface area contributed by atoms with Crippen LogP contribution in [0.5, 0.6) is 69.0 Å². The van der Waals surface area contributed by atoms with Gasteiger partial charge in [-0.2, -0.15) is 0 Å². The van der Waals surface area contributed by atoms with Gasteiger partial charge in [0, 0.05) is 148 Å². The van der Waals surface area contributed by atoms with Crippen LogP contribution in [-0.4, -0.2) is 260 Å². The Labute approximate surface area is 901 Å². The van der Waals surface area contributed by atoms with E-state index in [9.17, 15) is 34.8 Å². The number of benzene rings is 6. The first-order chi connectivity index (χ1) is 82.4. The van der Waals surface area contributed by atoms with E-state index in [1.54, 1.807) is 83.5 Å². The average molecular weight is 2000 g/mol. The lowest BCUT2D eigenvalue weighted by atomic mass is 9.75. The lowest BCUT2D eigenvalue weighted by Crippen LogP contribution is -2.48. The molecule has 18 unspecified atom stereocenters. The fourth-order valence-electron chi connectivity index (χ4n) is 22.6. The van der Waals surface area contributed by atoms with Crippen molar-refractivity contribution >= 4 is 0 Å². The van der Waals surface area contributed by atoms with Crippen LogP contribution in [0.3, 0.4) is 0 Å². The SMILES string of the molecule is [2H]C([2H])([2H])Oc1cc2c(cc1OC)CCN1CC(C([2H])([2H])C(C)(C([2H])([2H])[2H])C([2H])([2H])[2H])C(O)CC21[2H].[2H]C([2H])([2H])Oc1cc2c(cc1OC)CCN1CC(CC(C)C)C(O)CC21[2H].[2H]C([2H])([2H])Oc1cc2c(cc1OC)CCN1CC(CC(C)C)C(O)CC21[2H].[2H]C12CC(O)C(C([2H])([2H])C(C)(C([2H])([2H])[2H])C([2H])([2H])[2H])CN1CCc1cc(OC)c(OC)cc12.[2H]C12CC(O)C(C([2H])([2H])C(C)(C([2H])([2H])[2H])C([2H])([2H])[2H])CN1CCc1cc(OC)c(OC)cc12.[2H]C12CC(O)C(CC(C)C)CN1CCc1cc(OC)c(OC)cc12. The van der Waals surface area contributed by atoms with Gasteiger partial charge in [-0.15, -0.1) is 0 Å². The second-order valence-electron chi connectivity index (χ2n) is 41.2. The van der Waals surface area contributed by atoms with E-state index in [1.165, 1.54) is 55.8 Å². The van der Waals surface area contributed by atoms with Crippen LogP contribution in [-0.2, 0) is 38.5 Å². The third-order valence-corrected chi connectivity index (χ3v) is 29.2. The van der Waals surface area contributed by atoms with Crippen LogP contribution >= 0.6 is 0 Å². The summed E-state index contributed by atoms with van der Waals surface area (Å²) < 4.78 is 379. The second-order valence-corrected chi connectivity index (χ2v) is 41.2. The maximum absolute atomic E-state index is 11.1. The summed E-state index contributed by atoms with van der Waals surface area (Å²) in [5.74, 6) is 2.30. The summed E-state index contributed by atoms with van der Waals surface area (Å²) in [6.45, 7) is 1.49. The van der Waals surface area contributed by atoms with Gasteiger partial charge in [0.05, 0.1) is 142 Å². The molecule has 0 spiro atoms. The number of hydrogen-bond donors (Lipinski definition) is 6. The van der Waals surface area contributed by atoms with Crippen LogP contribution < -0.4 is 56.8 Å². The highest BCUT2D eigenvalue weighted by molar-refractivity contribution is 5.55. The molecule has 0 aromatic heterocycles. The molecule has 24 heteroatoms. The van der Waals surface area contributed by atoms with Gasteiger partial charge in [0.15, 0.2) is 69.0 Å². The zero-order valence-corrected chi connectivity index (χ0v) is 85.4. The highest BCUT2D eigenvalue weighted by Crippen LogP contribution is 2.53. The maximum Gasteiger partial charge on any atom is 0.161 e. The number of rotatable bonds is 21. The molecule has 786 valence electrons. The summed E-state index contributed by atoms with van der Waals surface area (Å²) in [6, 6.07) is 13.1. The molecule has 6 fully saturated rings. The van der Waals surface area contributed by atoms with Crippen molar-refractivity contribution in [2.24, 2.45) is 69.5 Å². The van der Waals surface area contributed by atoms with Gasteiger partial charge < -0.3 is 87.5 Å². The standard InChI is InChI=1S/3C20H31NO3.3C19H29NO3/c3*1-20(2,3)11-14-12-21-7-6-13-8-18(23-4)19(24-5)9-15(13)16(21)10-17(14)22;3*1-12(2)7-14-11-20-6-5-13-8-18(22-3)19(23-4)9-15(13)16(20)10-17(14)21/h3*8-9,14,16-17,22H,6-7,10-12H2,1-5H3;3*8-9,12,14,16-17,21H,5-7,10-11H2,1-4H3/i1D3,2D3,5D3,11D2,16D;2*1D3,2D3,11D2,16D;2*4D3,16D;16D. The van der Waals surface area contributed by atoms with E-state index in [4.69, 9.17) is 106 Å². The third kappa shape index (κ3) is 26.9. The highest BCUT2D eigenvalue weighted by Gasteiger charge is 2.47. The van der Waals surface area contributed by atoms with Crippen molar-refractivity contribution < 1.29 is 141 Å². The van der Waals surface area contributed by atoms with E-state index in [1.807, 2.05) is 12.1 Å². The summed E-state index contributed by atoms with van der Waals surface area (Å²) in [6.07, 6.45) is -7.40. The summed E-state index contributed by atoms with van der Waals surface area (Å²) in [4.78, 5) is 11.4. The van der Waals surface area contributed by atoms with Gasteiger partial charge in [0.25, 0.3) is 0 Å². The lowest BCUT2D eigenvalue weighted by molar-refractivity contribution is -0.0259. The van der Waals surface area contributed by atoms with E-state index in [0.717, 1.165) is 119 Å². The number of aliphatic hydroxyl groups is 6. The molecule has 12 aliphatic rings. The van der Waals surface area contributed by atoms with Crippen molar-refractivity contribution in [1.29, 1.82) is 0 Å². The predicted octanol–water partition coefficient (Wildman–Crippen LogP) is 19.3. The van der Waals surface area contributed by atoms with Gasteiger partial charge in [-0.3, -0.25) is 29.4 Å². The normalized spacial score (nSPS) is 35.7. The van der Waals surface area contributed by atoms with Crippen molar-refractivity contribution in [3.8, 4) is 69.0 Å². The summed E-state index contributed by atoms with van der Waals surface area (Å²) in [5, 5.41) is 65.3. The topological polar surface area (TPSA) is 252 Å². The van der Waals surface area contributed by atoms with Crippen molar-refractivity contribution in [2.45, 2.75) is 292 Å². The van der Waals surface area contributed by atoms with Gasteiger partial charge in [-0.25, -0.2) is 0 Å². The Bertz CT molecular complexity index is 6520. The molecule has 0 aliphatic carbocycles. The Hall–Kier alpha value is -7.56. The number of ether oxygens (including phenoxy) is 12. The Morgan fingerprint density at radius 3 is 0.582 bits per heavy atom. The predicted molar refractivity (Wildman–Crippen MR) is 561 cm³/mol. The number of aliphatic hydroxyl groups excluding tert-OH is 6. The van der Waals surface area contributed by atoms with Crippen LogP contribution in [0.1, 0.15) is 337 Å². The Balaban J connectivity index is 0.000000176. The van der Waals surface area contributed by atoms with Crippen molar-refractivity contribution in [3.63, 3.8) is 0 Å².